The second kappa shape index (κ2) is 7.10. The van der Waals surface area contributed by atoms with E-state index in [4.69, 9.17) is 10.5 Å². The summed E-state index contributed by atoms with van der Waals surface area (Å²) in [6, 6.07) is 8.05. The Morgan fingerprint density at radius 2 is 2.11 bits per heavy atom. The molecule has 0 unspecified atom stereocenters. The Morgan fingerprint density at radius 3 is 2.79 bits per heavy atom. The maximum Gasteiger partial charge on any atom is 0.209 e. The number of nitrogens with zero attached hydrogens (tertiary/aromatic N) is 4. The topological polar surface area (TPSA) is 78.9 Å². The Hall–Kier alpha value is -1.60. The van der Waals surface area contributed by atoms with Gasteiger partial charge in [0, 0.05) is 12.3 Å². The predicted octanol–water partition coefficient (Wildman–Crippen LogP) is 1.32. The highest BCUT2D eigenvalue weighted by Gasteiger charge is 2.06. The van der Waals surface area contributed by atoms with Crippen LogP contribution in [0.25, 0.3) is 0 Å². The molecule has 0 radical (unpaired) electrons. The van der Waals surface area contributed by atoms with Crippen molar-refractivity contribution in [1.29, 1.82) is 0 Å². The van der Waals surface area contributed by atoms with Gasteiger partial charge in [0.25, 0.3) is 0 Å². The van der Waals surface area contributed by atoms with E-state index in [0.29, 0.717) is 19.7 Å². The molecule has 2 rings (SSSR count). The molecule has 0 amide bonds. The molecule has 0 fully saturated rings. The molecule has 19 heavy (non-hydrogen) atoms. The molecule has 102 valence electrons. The Morgan fingerprint density at radius 1 is 1.32 bits per heavy atom. The quantitative estimate of drug-likeness (QED) is 0.770. The van der Waals surface area contributed by atoms with Crippen LogP contribution in [0.5, 0.6) is 5.75 Å². The van der Waals surface area contributed by atoms with Crippen LogP contribution in [0, 0.1) is 0 Å². The lowest BCUT2D eigenvalue weighted by atomic mass is 10.2. The molecule has 0 aliphatic rings. The third-order valence-electron chi connectivity index (χ3n) is 2.44. The number of benzene rings is 1. The Bertz CT molecular complexity index is 499. The monoisotopic (exact) mass is 279 g/mol. The van der Waals surface area contributed by atoms with Crippen LogP contribution in [-0.4, -0.2) is 33.4 Å². The lowest BCUT2D eigenvalue weighted by Crippen LogP contribution is -2.12. The molecule has 1 heterocycles. The number of thioether (sulfide) groups is 1. The molecule has 6 nitrogen and oxygen atoms in total. The molecular weight excluding hydrogens is 262 g/mol. The number of tetrazole rings is 1. The van der Waals surface area contributed by atoms with Gasteiger partial charge in [-0.05, 0) is 35.0 Å². The first kappa shape index (κ1) is 13.8. The van der Waals surface area contributed by atoms with E-state index in [1.807, 2.05) is 19.1 Å². The Labute approximate surface area is 116 Å². The molecule has 0 atom stereocenters. The van der Waals surface area contributed by atoms with Crippen molar-refractivity contribution in [3.8, 4) is 5.75 Å². The van der Waals surface area contributed by atoms with Gasteiger partial charge in [-0.15, -0.1) is 5.10 Å². The van der Waals surface area contributed by atoms with Crippen molar-refractivity contribution in [3.05, 3.63) is 29.8 Å². The molecule has 0 spiro atoms. The van der Waals surface area contributed by atoms with E-state index in [2.05, 4.69) is 27.7 Å². The highest BCUT2D eigenvalue weighted by Crippen LogP contribution is 2.21. The highest BCUT2D eigenvalue weighted by molar-refractivity contribution is 7.98. The summed E-state index contributed by atoms with van der Waals surface area (Å²) < 4.78 is 7.13. The number of aromatic nitrogens is 4. The van der Waals surface area contributed by atoms with Crippen LogP contribution >= 0.6 is 11.8 Å². The molecule has 2 N–H and O–H groups in total. The first-order chi connectivity index (χ1) is 9.33. The van der Waals surface area contributed by atoms with Gasteiger partial charge in [-0.2, -0.15) is 0 Å². The molecule has 0 aliphatic heterocycles. The summed E-state index contributed by atoms with van der Waals surface area (Å²) in [5.41, 5.74) is 6.71. The van der Waals surface area contributed by atoms with E-state index in [9.17, 15) is 0 Å². The summed E-state index contributed by atoms with van der Waals surface area (Å²) in [4.78, 5) is 0. The van der Waals surface area contributed by atoms with E-state index in [-0.39, 0.29) is 0 Å². The SMILES string of the molecule is CCOc1ccc(CSc2nnnn2CCN)cc1. The number of hydrogen-bond donors (Lipinski definition) is 1. The van der Waals surface area contributed by atoms with Gasteiger partial charge in [0.1, 0.15) is 5.75 Å². The smallest absolute Gasteiger partial charge is 0.209 e. The molecule has 0 saturated carbocycles. The van der Waals surface area contributed by atoms with Crippen molar-refractivity contribution in [2.75, 3.05) is 13.2 Å². The standard InChI is InChI=1S/C12H17N5OS/c1-2-18-11-5-3-10(4-6-11)9-19-12-14-15-16-17(12)8-7-13/h3-6H,2,7-9,13H2,1H3. The zero-order chi connectivity index (χ0) is 13.5. The highest BCUT2D eigenvalue weighted by atomic mass is 32.2. The minimum atomic E-state index is 0.529. The molecule has 0 aliphatic carbocycles. The Kier molecular flexibility index (Phi) is 5.17. The zero-order valence-corrected chi connectivity index (χ0v) is 11.6. The van der Waals surface area contributed by atoms with Crippen LogP contribution in [0.2, 0.25) is 0 Å². The maximum absolute atomic E-state index is 5.50. The Balaban J connectivity index is 1.92. The summed E-state index contributed by atoms with van der Waals surface area (Å²) in [7, 11) is 0. The molecule has 0 saturated heterocycles. The fourth-order valence-corrected chi connectivity index (χ4v) is 2.42. The average Bonchev–Trinajstić information content (AvgIpc) is 2.86. The average molecular weight is 279 g/mol. The van der Waals surface area contributed by atoms with Gasteiger partial charge in [-0.1, -0.05) is 23.9 Å². The molecule has 0 bridgehead atoms. The number of rotatable bonds is 7. The minimum Gasteiger partial charge on any atom is -0.494 e. The van der Waals surface area contributed by atoms with E-state index < -0.39 is 0 Å². The van der Waals surface area contributed by atoms with Crippen molar-refractivity contribution in [3.63, 3.8) is 0 Å². The van der Waals surface area contributed by atoms with Crippen molar-refractivity contribution >= 4 is 11.8 Å². The summed E-state index contributed by atoms with van der Waals surface area (Å²) in [6.07, 6.45) is 0. The van der Waals surface area contributed by atoms with E-state index in [0.717, 1.165) is 16.7 Å². The number of hydrogen-bond acceptors (Lipinski definition) is 6. The number of nitrogens with two attached hydrogens (primary N) is 1. The van der Waals surface area contributed by atoms with Crippen LogP contribution in [0.15, 0.2) is 29.4 Å². The van der Waals surface area contributed by atoms with Gasteiger partial charge < -0.3 is 10.5 Å². The third-order valence-corrected chi connectivity index (χ3v) is 3.47. The van der Waals surface area contributed by atoms with Gasteiger partial charge >= 0.3 is 0 Å². The summed E-state index contributed by atoms with van der Waals surface area (Å²) in [5, 5.41) is 12.3. The van der Waals surface area contributed by atoms with E-state index in [1.54, 1.807) is 16.4 Å². The van der Waals surface area contributed by atoms with E-state index in [1.165, 1.54) is 5.56 Å². The fraction of sp³-hybridized carbons (Fsp3) is 0.417. The van der Waals surface area contributed by atoms with Crippen molar-refractivity contribution < 1.29 is 4.74 Å². The lowest BCUT2D eigenvalue weighted by Gasteiger charge is -2.05. The van der Waals surface area contributed by atoms with E-state index >= 15 is 0 Å². The molecule has 2 aromatic rings. The fourth-order valence-electron chi connectivity index (χ4n) is 1.56. The van der Waals surface area contributed by atoms with Gasteiger partial charge in [-0.3, -0.25) is 0 Å². The summed E-state index contributed by atoms with van der Waals surface area (Å²) in [5.74, 6) is 1.71. The zero-order valence-electron chi connectivity index (χ0n) is 10.8. The van der Waals surface area contributed by atoms with Gasteiger partial charge in [-0.25, -0.2) is 4.68 Å². The number of ether oxygens (including phenoxy) is 1. The van der Waals surface area contributed by atoms with Gasteiger partial charge in [0.05, 0.1) is 13.2 Å². The van der Waals surface area contributed by atoms with Crippen LogP contribution in [0.1, 0.15) is 12.5 Å². The van der Waals surface area contributed by atoms with Crippen molar-refractivity contribution in [2.24, 2.45) is 5.73 Å². The van der Waals surface area contributed by atoms with Gasteiger partial charge in [0.2, 0.25) is 5.16 Å². The molecular formula is C12H17N5OS. The van der Waals surface area contributed by atoms with Crippen LogP contribution in [0.3, 0.4) is 0 Å². The maximum atomic E-state index is 5.50. The van der Waals surface area contributed by atoms with Crippen molar-refractivity contribution in [2.45, 2.75) is 24.4 Å². The van der Waals surface area contributed by atoms with Crippen molar-refractivity contribution in [1.82, 2.24) is 20.2 Å². The first-order valence-corrected chi connectivity index (χ1v) is 7.12. The predicted molar refractivity (Wildman–Crippen MR) is 74.0 cm³/mol. The van der Waals surface area contributed by atoms with Crippen LogP contribution < -0.4 is 10.5 Å². The lowest BCUT2D eigenvalue weighted by molar-refractivity contribution is 0.340. The molecule has 1 aromatic carbocycles. The van der Waals surface area contributed by atoms with Crippen LogP contribution in [0.4, 0.5) is 0 Å². The molecule has 1 aromatic heterocycles. The van der Waals surface area contributed by atoms with Crippen LogP contribution in [-0.2, 0) is 12.3 Å². The normalized spacial score (nSPS) is 10.6. The second-order valence-corrected chi connectivity index (χ2v) is 4.78. The van der Waals surface area contributed by atoms with Gasteiger partial charge in [0.15, 0.2) is 0 Å². The first-order valence-electron chi connectivity index (χ1n) is 6.14. The minimum absolute atomic E-state index is 0.529. The summed E-state index contributed by atoms with van der Waals surface area (Å²) >= 11 is 1.60. The second-order valence-electron chi connectivity index (χ2n) is 3.84. The largest absolute Gasteiger partial charge is 0.494 e. The molecule has 7 heteroatoms. The third kappa shape index (κ3) is 3.93. The summed E-state index contributed by atoms with van der Waals surface area (Å²) in [6.45, 7) is 3.82.